The minimum absolute atomic E-state index is 0.179. The minimum atomic E-state index is -0.179. The average Bonchev–Trinajstić information content (AvgIpc) is 2.40. The minimum Gasteiger partial charge on any atom is -0.491 e. The fraction of sp³-hybridized carbons (Fsp3) is 0.353. The van der Waals surface area contributed by atoms with Gasteiger partial charge in [0.1, 0.15) is 12.4 Å². The van der Waals surface area contributed by atoms with Crippen LogP contribution in [-0.2, 0) is 0 Å². The maximum atomic E-state index is 6.26. The molecule has 0 fully saturated rings. The number of halogens is 1. The molecule has 1 aromatic heterocycles. The van der Waals surface area contributed by atoms with Gasteiger partial charge in [0.2, 0.25) is 0 Å². The third-order valence-electron chi connectivity index (χ3n) is 3.51. The zero-order valence-corrected chi connectivity index (χ0v) is 13.7. The van der Waals surface area contributed by atoms with Crippen LogP contribution in [0.1, 0.15) is 34.0 Å². The first-order valence-electron chi connectivity index (χ1n) is 6.96. The number of aromatic nitrogens is 1. The molecule has 0 amide bonds. The highest BCUT2D eigenvalue weighted by Crippen LogP contribution is 2.28. The van der Waals surface area contributed by atoms with Gasteiger partial charge in [0.25, 0.3) is 0 Å². The number of nitrogens with two attached hydrogens (primary N) is 1. The number of hydrogen-bond acceptors (Lipinski definition) is 3. The number of ether oxygens (including phenoxy) is 1. The first-order chi connectivity index (χ1) is 9.88. The molecule has 0 bridgehead atoms. The van der Waals surface area contributed by atoms with Crippen LogP contribution in [0.15, 0.2) is 24.4 Å². The van der Waals surface area contributed by atoms with Crippen molar-refractivity contribution < 1.29 is 4.74 Å². The van der Waals surface area contributed by atoms with E-state index in [0.717, 1.165) is 38.7 Å². The molecule has 0 radical (unpaired) electrons. The second kappa shape index (κ2) is 6.46. The molecule has 2 N–H and O–H groups in total. The van der Waals surface area contributed by atoms with Crippen molar-refractivity contribution in [1.82, 2.24) is 4.98 Å². The van der Waals surface area contributed by atoms with Crippen LogP contribution in [0.3, 0.4) is 0 Å². The number of rotatable bonds is 4. The first-order valence-corrected chi connectivity index (χ1v) is 7.34. The van der Waals surface area contributed by atoms with Crippen molar-refractivity contribution >= 4 is 11.6 Å². The van der Waals surface area contributed by atoms with Crippen LogP contribution in [-0.4, -0.2) is 11.6 Å². The summed E-state index contributed by atoms with van der Waals surface area (Å²) in [5.41, 5.74) is 11.4. The first kappa shape index (κ1) is 15.8. The molecule has 0 saturated carbocycles. The van der Waals surface area contributed by atoms with Crippen molar-refractivity contribution in [2.45, 2.75) is 33.7 Å². The van der Waals surface area contributed by atoms with Gasteiger partial charge < -0.3 is 10.5 Å². The van der Waals surface area contributed by atoms with E-state index in [2.05, 4.69) is 4.98 Å². The standard InChI is InChI=1S/C17H21ClN2O/c1-10-5-14(18)6-11(2)17(10)21-9-16(19)15-7-13(4)20-8-12(15)3/h5-8,16H,9,19H2,1-4H3. The van der Waals surface area contributed by atoms with E-state index in [1.54, 1.807) is 0 Å². The van der Waals surface area contributed by atoms with Crippen molar-refractivity contribution in [2.75, 3.05) is 6.61 Å². The second-order valence-electron chi connectivity index (χ2n) is 5.47. The summed E-state index contributed by atoms with van der Waals surface area (Å²) in [5, 5.41) is 0.724. The van der Waals surface area contributed by atoms with Crippen LogP contribution >= 0.6 is 11.6 Å². The van der Waals surface area contributed by atoms with Crippen molar-refractivity contribution in [3.8, 4) is 5.75 Å². The van der Waals surface area contributed by atoms with Crippen LogP contribution in [0.5, 0.6) is 5.75 Å². The van der Waals surface area contributed by atoms with E-state index in [1.807, 2.05) is 52.1 Å². The Bertz CT molecular complexity index is 632. The van der Waals surface area contributed by atoms with Crippen LogP contribution in [0.25, 0.3) is 0 Å². The Kier molecular flexibility index (Phi) is 4.86. The van der Waals surface area contributed by atoms with E-state index in [-0.39, 0.29) is 6.04 Å². The van der Waals surface area contributed by atoms with E-state index in [1.165, 1.54) is 0 Å². The maximum absolute atomic E-state index is 6.26. The zero-order chi connectivity index (χ0) is 15.6. The molecular weight excluding hydrogens is 284 g/mol. The molecule has 0 spiro atoms. The number of aryl methyl sites for hydroxylation is 4. The summed E-state index contributed by atoms with van der Waals surface area (Å²) in [6.45, 7) is 8.38. The van der Waals surface area contributed by atoms with Gasteiger partial charge in [-0.3, -0.25) is 4.98 Å². The lowest BCUT2D eigenvalue weighted by Crippen LogP contribution is -2.21. The molecule has 2 rings (SSSR count). The Morgan fingerprint density at radius 2 is 1.71 bits per heavy atom. The monoisotopic (exact) mass is 304 g/mol. The van der Waals surface area contributed by atoms with Crippen LogP contribution < -0.4 is 10.5 Å². The van der Waals surface area contributed by atoms with E-state index < -0.39 is 0 Å². The highest BCUT2D eigenvalue weighted by Gasteiger charge is 2.13. The summed E-state index contributed by atoms with van der Waals surface area (Å²) in [4.78, 5) is 4.27. The van der Waals surface area contributed by atoms with Gasteiger partial charge in [-0.15, -0.1) is 0 Å². The van der Waals surface area contributed by atoms with Crippen molar-refractivity contribution in [3.05, 3.63) is 57.4 Å². The number of nitrogens with zero attached hydrogens (tertiary/aromatic N) is 1. The summed E-state index contributed by atoms with van der Waals surface area (Å²) >= 11 is 6.03. The molecule has 21 heavy (non-hydrogen) atoms. The molecule has 3 nitrogen and oxygen atoms in total. The Balaban J connectivity index is 2.15. The van der Waals surface area contributed by atoms with E-state index >= 15 is 0 Å². The largest absolute Gasteiger partial charge is 0.491 e. The van der Waals surface area contributed by atoms with Crippen LogP contribution in [0.2, 0.25) is 5.02 Å². The van der Waals surface area contributed by atoms with Gasteiger partial charge in [-0.2, -0.15) is 0 Å². The molecule has 0 aliphatic heterocycles. The molecule has 1 atom stereocenters. The lowest BCUT2D eigenvalue weighted by molar-refractivity contribution is 0.286. The van der Waals surface area contributed by atoms with E-state index in [4.69, 9.17) is 22.1 Å². The van der Waals surface area contributed by atoms with Gasteiger partial charge in [0.05, 0.1) is 6.04 Å². The summed E-state index contributed by atoms with van der Waals surface area (Å²) in [7, 11) is 0. The van der Waals surface area contributed by atoms with Gasteiger partial charge >= 0.3 is 0 Å². The van der Waals surface area contributed by atoms with Gasteiger partial charge in [-0.1, -0.05) is 11.6 Å². The number of pyridine rings is 1. The van der Waals surface area contributed by atoms with Crippen LogP contribution in [0, 0.1) is 27.7 Å². The topological polar surface area (TPSA) is 48.1 Å². The number of hydrogen-bond donors (Lipinski definition) is 1. The van der Waals surface area contributed by atoms with Crippen molar-refractivity contribution in [3.63, 3.8) is 0 Å². The fourth-order valence-electron chi connectivity index (χ4n) is 2.44. The fourth-order valence-corrected chi connectivity index (χ4v) is 2.76. The van der Waals surface area contributed by atoms with Crippen LogP contribution in [0.4, 0.5) is 0 Å². The molecule has 0 aliphatic carbocycles. The number of benzene rings is 1. The van der Waals surface area contributed by atoms with Gasteiger partial charge in [0.15, 0.2) is 0 Å². The Morgan fingerprint density at radius 1 is 1.10 bits per heavy atom. The van der Waals surface area contributed by atoms with Gasteiger partial charge in [-0.05, 0) is 68.1 Å². The quantitative estimate of drug-likeness (QED) is 0.927. The Hall–Kier alpha value is -1.58. The highest BCUT2D eigenvalue weighted by atomic mass is 35.5. The average molecular weight is 305 g/mol. The van der Waals surface area contributed by atoms with Crippen molar-refractivity contribution in [1.29, 1.82) is 0 Å². The van der Waals surface area contributed by atoms with Gasteiger partial charge in [0, 0.05) is 16.9 Å². The lowest BCUT2D eigenvalue weighted by atomic mass is 10.0. The molecule has 1 heterocycles. The molecule has 0 saturated heterocycles. The highest BCUT2D eigenvalue weighted by molar-refractivity contribution is 6.30. The SMILES string of the molecule is Cc1cc(C(N)COc2c(C)cc(Cl)cc2C)c(C)cn1. The Labute approximate surface area is 131 Å². The summed E-state index contributed by atoms with van der Waals surface area (Å²) in [6, 6.07) is 5.64. The summed E-state index contributed by atoms with van der Waals surface area (Å²) < 4.78 is 5.93. The molecule has 2 aromatic rings. The molecule has 1 unspecified atom stereocenters. The lowest BCUT2D eigenvalue weighted by Gasteiger charge is -2.18. The molecule has 0 aliphatic rings. The third-order valence-corrected chi connectivity index (χ3v) is 3.73. The Morgan fingerprint density at radius 3 is 2.33 bits per heavy atom. The zero-order valence-electron chi connectivity index (χ0n) is 12.9. The smallest absolute Gasteiger partial charge is 0.125 e. The maximum Gasteiger partial charge on any atom is 0.125 e. The van der Waals surface area contributed by atoms with Gasteiger partial charge in [-0.25, -0.2) is 0 Å². The second-order valence-corrected chi connectivity index (χ2v) is 5.90. The molecule has 1 aromatic carbocycles. The predicted octanol–water partition coefficient (Wildman–Crippen LogP) is 4.05. The van der Waals surface area contributed by atoms with E-state index in [0.29, 0.717) is 6.61 Å². The third kappa shape index (κ3) is 3.74. The summed E-state index contributed by atoms with van der Waals surface area (Å²) in [5.74, 6) is 0.860. The molecule has 4 heteroatoms. The predicted molar refractivity (Wildman–Crippen MR) is 87.1 cm³/mol. The normalized spacial score (nSPS) is 12.3. The summed E-state index contributed by atoms with van der Waals surface area (Å²) in [6.07, 6.45) is 1.85. The molecular formula is C17H21ClN2O. The van der Waals surface area contributed by atoms with E-state index in [9.17, 15) is 0 Å². The van der Waals surface area contributed by atoms with Crippen molar-refractivity contribution in [2.24, 2.45) is 5.73 Å². The molecule has 112 valence electrons.